The van der Waals surface area contributed by atoms with Gasteiger partial charge in [-0.3, -0.25) is 14.8 Å². The van der Waals surface area contributed by atoms with E-state index in [1.165, 1.54) is 35.6 Å². The molecule has 2 aromatic carbocycles. The van der Waals surface area contributed by atoms with Gasteiger partial charge in [-0.1, -0.05) is 6.07 Å². The van der Waals surface area contributed by atoms with E-state index in [4.69, 9.17) is 9.47 Å². The van der Waals surface area contributed by atoms with E-state index in [2.05, 4.69) is 15.0 Å². The number of sulfonamides is 1. The van der Waals surface area contributed by atoms with Crippen LogP contribution in [0, 0.1) is 6.92 Å². The summed E-state index contributed by atoms with van der Waals surface area (Å²) in [6.45, 7) is 1.92. The molecule has 0 aliphatic carbocycles. The largest absolute Gasteiger partial charge is 0.454 e. The molecular weight excluding hydrogens is 402 g/mol. The second-order valence-corrected chi connectivity index (χ2v) is 8.49. The quantitative estimate of drug-likeness (QED) is 0.660. The van der Waals surface area contributed by atoms with Gasteiger partial charge in [0.15, 0.2) is 16.6 Å². The van der Waals surface area contributed by atoms with Crippen molar-refractivity contribution in [2.45, 2.75) is 11.8 Å². The Kier molecular flexibility index (Phi) is 4.65. The third kappa shape index (κ3) is 3.78. The van der Waals surface area contributed by atoms with Crippen LogP contribution in [0.2, 0.25) is 0 Å². The maximum Gasteiger partial charge on any atom is 0.261 e. The highest BCUT2D eigenvalue weighted by atomic mass is 32.2. The van der Waals surface area contributed by atoms with Crippen LogP contribution in [-0.2, 0) is 10.0 Å². The number of aryl methyl sites for hydroxylation is 1. The van der Waals surface area contributed by atoms with E-state index in [0.29, 0.717) is 22.3 Å². The standard InChI is InChI=1S/C18H15N3O5S2/c1-11-9-27-18(19-11)20-17(22)12-3-2-4-14(7-12)28(23,24)21-13-5-6-15-16(8-13)26-10-25-15/h2-9,21H,10H2,1H3,(H,19,20,22). The maximum absolute atomic E-state index is 12.7. The van der Waals surface area contributed by atoms with Gasteiger partial charge in [0.05, 0.1) is 16.3 Å². The average Bonchev–Trinajstić information content (AvgIpc) is 3.29. The van der Waals surface area contributed by atoms with Crippen LogP contribution in [0.1, 0.15) is 16.1 Å². The molecule has 1 aliphatic rings. The fourth-order valence-electron chi connectivity index (χ4n) is 2.56. The third-order valence-electron chi connectivity index (χ3n) is 3.87. The van der Waals surface area contributed by atoms with Gasteiger partial charge in [-0.25, -0.2) is 13.4 Å². The Morgan fingerprint density at radius 3 is 2.75 bits per heavy atom. The summed E-state index contributed by atoms with van der Waals surface area (Å²) < 4.78 is 38.4. The first kappa shape index (κ1) is 18.3. The average molecular weight is 417 g/mol. The number of anilines is 2. The molecule has 0 radical (unpaired) electrons. The number of amides is 1. The SMILES string of the molecule is Cc1csc(NC(=O)c2cccc(S(=O)(=O)Nc3ccc4c(c3)OCO4)c2)n1. The Hall–Kier alpha value is -3.11. The van der Waals surface area contributed by atoms with Gasteiger partial charge >= 0.3 is 0 Å². The fraction of sp³-hybridized carbons (Fsp3) is 0.111. The molecule has 1 aromatic heterocycles. The summed E-state index contributed by atoms with van der Waals surface area (Å²) in [5.41, 5.74) is 1.34. The maximum atomic E-state index is 12.7. The van der Waals surface area contributed by atoms with Gasteiger partial charge < -0.3 is 9.47 Å². The molecule has 8 nitrogen and oxygen atoms in total. The van der Waals surface area contributed by atoms with Crippen LogP contribution in [0.5, 0.6) is 11.5 Å². The Morgan fingerprint density at radius 2 is 1.96 bits per heavy atom. The first-order valence-corrected chi connectivity index (χ1v) is 10.5. The van der Waals surface area contributed by atoms with Gasteiger partial charge in [0, 0.05) is 17.0 Å². The number of fused-ring (bicyclic) bond motifs is 1. The monoisotopic (exact) mass is 417 g/mol. The van der Waals surface area contributed by atoms with Crippen molar-refractivity contribution in [1.82, 2.24) is 4.98 Å². The van der Waals surface area contributed by atoms with Crippen LogP contribution in [-0.4, -0.2) is 26.1 Å². The minimum Gasteiger partial charge on any atom is -0.454 e. The zero-order chi connectivity index (χ0) is 19.7. The van der Waals surface area contributed by atoms with Crippen LogP contribution in [0.3, 0.4) is 0 Å². The van der Waals surface area contributed by atoms with E-state index in [1.807, 2.05) is 12.3 Å². The van der Waals surface area contributed by atoms with E-state index in [9.17, 15) is 13.2 Å². The predicted molar refractivity (Wildman–Crippen MR) is 105 cm³/mol. The van der Waals surface area contributed by atoms with Crippen molar-refractivity contribution >= 4 is 38.1 Å². The molecule has 10 heteroatoms. The summed E-state index contributed by atoms with van der Waals surface area (Å²) in [5.74, 6) is 0.584. The molecule has 0 atom stereocenters. The summed E-state index contributed by atoms with van der Waals surface area (Å²) in [7, 11) is -3.89. The van der Waals surface area contributed by atoms with Gasteiger partial charge in [-0.15, -0.1) is 11.3 Å². The van der Waals surface area contributed by atoms with E-state index in [-0.39, 0.29) is 17.3 Å². The van der Waals surface area contributed by atoms with Crippen LogP contribution >= 0.6 is 11.3 Å². The zero-order valence-corrected chi connectivity index (χ0v) is 16.3. The summed E-state index contributed by atoms with van der Waals surface area (Å²) in [6.07, 6.45) is 0. The molecule has 2 N–H and O–H groups in total. The zero-order valence-electron chi connectivity index (χ0n) is 14.6. The lowest BCUT2D eigenvalue weighted by molar-refractivity contribution is 0.102. The Balaban J connectivity index is 1.54. The van der Waals surface area contributed by atoms with Gasteiger partial charge in [-0.2, -0.15) is 0 Å². The molecule has 4 rings (SSSR count). The summed E-state index contributed by atoms with van der Waals surface area (Å²) >= 11 is 1.30. The molecule has 2 heterocycles. The number of ether oxygens (including phenoxy) is 2. The molecule has 0 fully saturated rings. The highest BCUT2D eigenvalue weighted by molar-refractivity contribution is 7.92. The van der Waals surface area contributed by atoms with Gasteiger partial charge in [0.1, 0.15) is 0 Å². The first-order chi connectivity index (χ1) is 13.4. The smallest absolute Gasteiger partial charge is 0.261 e. The number of aromatic nitrogens is 1. The van der Waals surface area contributed by atoms with Crippen molar-refractivity contribution in [1.29, 1.82) is 0 Å². The molecule has 0 bridgehead atoms. The number of nitrogens with zero attached hydrogens (tertiary/aromatic N) is 1. The molecule has 144 valence electrons. The second-order valence-electron chi connectivity index (χ2n) is 5.95. The topological polar surface area (TPSA) is 107 Å². The van der Waals surface area contributed by atoms with Crippen molar-refractivity contribution in [3.05, 3.63) is 59.1 Å². The van der Waals surface area contributed by atoms with Gasteiger partial charge in [0.25, 0.3) is 15.9 Å². The normalized spacial score (nSPS) is 12.6. The number of nitrogens with one attached hydrogen (secondary N) is 2. The Bertz CT molecular complexity index is 1160. The lowest BCUT2D eigenvalue weighted by Crippen LogP contribution is -2.16. The number of thiazole rings is 1. The van der Waals surface area contributed by atoms with E-state index >= 15 is 0 Å². The minimum atomic E-state index is -3.89. The number of rotatable bonds is 5. The van der Waals surface area contributed by atoms with Crippen molar-refractivity contribution in [2.75, 3.05) is 16.8 Å². The molecule has 28 heavy (non-hydrogen) atoms. The fourth-order valence-corrected chi connectivity index (χ4v) is 4.34. The van der Waals surface area contributed by atoms with Crippen LogP contribution in [0.15, 0.2) is 52.7 Å². The van der Waals surface area contributed by atoms with Crippen LogP contribution in [0.25, 0.3) is 0 Å². The molecule has 1 aliphatic heterocycles. The van der Waals surface area contributed by atoms with E-state index < -0.39 is 15.9 Å². The predicted octanol–water partition coefficient (Wildman–Crippen LogP) is 3.23. The van der Waals surface area contributed by atoms with Crippen molar-refractivity contribution < 1.29 is 22.7 Å². The number of hydrogen-bond donors (Lipinski definition) is 2. The van der Waals surface area contributed by atoms with Crippen molar-refractivity contribution in [2.24, 2.45) is 0 Å². The molecule has 0 spiro atoms. The molecule has 0 saturated heterocycles. The molecule has 3 aromatic rings. The summed E-state index contributed by atoms with van der Waals surface area (Å²) in [6, 6.07) is 10.5. The summed E-state index contributed by atoms with van der Waals surface area (Å²) in [5, 5.41) is 4.92. The Labute approximate surface area is 165 Å². The summed E-state index contributed by atoms with van der Waals surface area (Å²) in [4.78, 5) is 16.5. The Morgan fingerprint density at radius 1 is 1.14 bits per heavy atom. The van der Waals surface area contributed by atoms with E-state index in [1.54, 1.807) is 18.2 Å². The highest BCUT2D eigenvalue weighted by Crippen LogP contribution is 2.34. The molecule has 1 amide bonds. The third-order valence-corrected chi connectivity index (χ3v) is 6.13. The van der Waals surface area contributed by atoms with Crippen LogP contribution < -0.4 is 19.5 Å². The number of benzene rings is 2. The number of carbonyl (C=O) groups excluding carboxylic acids is 1. The molecule has 0 saturated carbocycles. The first-order valence-electron chi connectivity index (χ1n) is 8.17. The molecular formula is C18H15N3O5S2. The molecule has 0 unspecified atom stereocenters. The number of carbonyl (C=O) groups is 1. The second kappa shape index (κ2) is 7.13. The minimum absolute atomic E-state index is 0.0341. The lowest BCUT2D eigenvalue weighted by Gasteiger charge is -2.10. The van der Waals surface area contributed by atoms with Gasteiger partial charge in [-0.05, 0) is 37.3 Å². The number of hydrogen-bond acceptors (Lipinski definition) is 7. The van der Waals surface area contributed by atoms with E-state index in [0.717, 1.165) is 5.69 Å². The van der Waals surface area contributed by atoms with Crippen molar-refractivity contribution in [3.8, 4) is 11.5 Å². The lowest BCUT2D eigenvalue weighted by atomic mass is 10.2. The van der Waals surface area contributed by atoms with Crippen molar-refractivity contribution in [3.63, 3.8) is 0 Å². The van der Waals surface area contributed by atoms with Gasteiger partial charge in [0.2, 0.25) is 6.79 Å². The highest BCUT2D eigenvalue weighted by Gasteiger charge is 2.19. The van der Waals surface area contributed by atoms with Crippen LogP contribution in [0.4, 0.5) is 10.8 Å².